The summed E-state index contributed by atoms with van der Waals surface area (Å²) in [7, 11) is 0. The Bertz CT molecular complexity index is 314. The average molecular weight is 211 g/mol. The molecule has 2 unspecified atom stereocenters. The Morgan fingerprint density at radius 3 is 2.71 bits per heavy atom. The van der Waals surface area contributed by atoms with Gasteiger partial charge in [0.1, 0.15) is 0 Å². The lowest BCUT2D eigenvalue weighted by atomic mass is 10.2. The van der Waals surface area contributed by atoms with Crippen molar-refractivity contribution in [3.05, 3.63) is 29.3 Å². The third-order valence-electron chi connectivity index (χ3n) is 2.78. The minimum atomic E-state index is 0.270. The largest absolute Gasteiger partial charge is 0.380 e. The van der Waals surface area contributed by atoms with E-state index in [-0.39, 0.29) is 6.04 Å². The van der Waals surface area contributed by atoms with Gasteiger partial charge in [-0.05, 0) is 31.4 Å². The summed E-state index contributed by atoms with van der Waals surface area (Å²) in [6.07, 6.45) is 3.47. The van der Waals surface area contributed by atoms with Crippen LogP contribution < -0.4 is 11.1 Å². The highest BCUT2D eigenvalue weighted by Gasteiger charge is 2.23. The Kier molecular flexibility index (Phi) is 2.94. The van der Waals surface area contributed by atoms with Crippen LogP contribution in [0, 0.1) is 0 Å². The van der Waals surface area contributed by atoms with Gasteiger partial charge in [0.05, 0.1) is 10.7 Å². The van der Waals surface area contributed by atoms with E-state index in [0.29, 0.717) is 6.04 Å². The summed E-state index contributed by atoms with van der Waals surface area (Å²) in [4.78, 5) is 0. The van der Waals surface area contributed by atoms with Crippen molar-refractivity contribution in [3.8, 4) is 0 Å². The van der Waals surface area contributed by atoms with Crippen molar-refractivity contribution in [1.82, 2.24) is 0 Å². The fraction of sp³-hybridized carbons (Fsp3) is 0.455. The number of nitrogens with one attached hydrogen (secondary N) is 1. The molecule has 1 aromatic carbocycles. The Labute approximate surface area is 89.4 Å². The van der Waals surface area contributed by atoms with Crippen molar-refractivity contribution in [2.45, 2.75) is 31.3 Å². The highest BCUT2D eigenvalue weighted by atomic mass is 35.5. The number of hydrogen-bond acceptors (Lipinski definition) is 2. The molecule has 1 aromatic rings. The maximum Gasteiger partial charge on any atom is 0.0637 e. The molecule has 76 valence electrons. The van der Waals surface area contributed by atoms with Crippen molar-refractivity contribution in [3.63, 3.8) is 0 Å². The summed E-state index contributed by atoms with van der Waals surface area (Å²) < 4.78 is 0. The van der Waals surface area contributed by atoms with Crippen LogP contribution in [0.4, 0.5) is 5.69 Å². The zero-order valence-corrected chi connectivity index (χ0v) is 8.80. The normalized spacial score (nSPS) is 26.4. The molecule has 0 amide bonds. The second-order valence-corrected chi connectivity index (χ2v) is 4.23. The Balaban J connectivity index is 2.07. The lowest BCUT2D eigenvalue weighted by Gasteiger charge is -2.19. The summed E-state index contributed by atoms with van der Waals surface area (Å²) >= 11 is 6.05. The molecule has 1 saturated carbocycles. The first-order valence-corrected chi connectivity index (χ1v) is 5.42. The Morgan fingerprint density at radius 2 is 2.07 bits per heavy atom. The van der Waals surface area contributed by atoms with E-state index in [1.165, 1.54) is 6.42 Å². The second-order valence-electron chi connectivity index (χ2n) is 3.83. The number of halogens is 1. The molecule has 0 radical (unpaired) electrons. The van der Waals surface area contributed by atoms with Crippen LogP contribution in [0.15, 0.2) is 24.3 Å². The number of rotatable bonds is 2. The SMILES string of the molecule is NC1CCCC1Nc1ccccc1Cl. The molecule has 2 atom stereocenters. The summed E-state index contributed by atoms with van der Waals surface area (Å²) in [5.41, 5.74) is 6.97. The molecule has 14 heavy (non-hydrogen) atoms. The van der Waals surface area contributed by atoms with Gasteiger partial charge in [-0.1, -0.05) is 23.7 Å². The van der Waals surface area contributed by atoms with Crippen LogP contribution in [0.25, 0.3) is 0 Å². The lowest BCUT2D eigenvalue weighted by Crippen LogP contribution is -2.35. The van der Waals surface area contributed by atoms with Crippen LogP contribution in [-0.2, 0) is 0 Å². The highest BCUT2D eigenvalue weighted by Crippen LogP contribution is 2.26. The van der Waals surface area contributed by atoms with Gasteiger partial charge < -0.3 is 11.1 Å². The van der Waals surface area contributed by atoms with E-state index < -0.39 is 0 Å². The van der Waals surface area contributed by atoms with Gasteiger partial charge in [0, 0.05) is 12.1 Å². The minimum absolute atomic E-state index is 0.270. The molecular formula is C11H15ClN2. The third-order valence-corrected chi connectivity index (χ3v) is 3.11. The summed E-state index contributed by atoms with van der Waals surface area (Å²) in [5, 5.41) is 4.17. The second kappa shape index (κ2) is 4.20. The van der Waals surface area contributed by atoms with Crippen molar-refractivity contribution in [2.75, 3.05) is 5.32 Å². The van der Waals surface area contributed by atoms with E-state index in [2.05, 4.69) is 5.32 Å². The average Bonchev–Trinajstić information content (AvgIpc) is 2.56. The van der Waals surface area contributed by atoms with E-state index in [0.717, 1.165) is 23.6 Å². The molecular weight excluding hydrogens is 196 g/mol. The zero-order valence-electron chi connectivity index (χ0n) is 8.04. The monoisotopic (exact) mass is 210 g/mol. The van der Waals surface area contributed by atoms with Crippen LogP contribution in [-0.4, -0.2) is 12.1 Å². The van der Waals surface area contributed by atoms with E-state index in [4.69, 9.17) is 17.3 Å². The molecule has 0 bridgehead atoms. The van der Waals surface area contributed by atoms with Gasteiger partial charge in [0.2, 0.25) is 0 Å². The first kappa shape index (κ1) is 9.81. The van der Waals surface area contributed by atoms with Crippen molar-refractivity contribution in [1.29, 1.82) is 0 Å². The predicted octanol–water partition coefficient (Wildman–Crippen LogP) is 2.63. The molecule has 1 fully saturated rings. The van der Waals surface area contributed by atoms with Crippen LogP contribution in [0.2, 0.25) is 5.02 Å². The first-order chi connectivity index (χ1) is 6.77. The van der Waals surface area contributed by atoms with Gasteiger partial charge >= 0.3 is 0 Å². The van der Waals surface area contributed by atoms with Crippen molar-refractivity contribution < 1.29 is 0 Å². The third kappa shape index (κ3) is 2.02. The molecule has 0 heterocycles. The maximum absolute atomic E-state index is 6.05. The standard InChI is InChI=1S/C11H15ClN2/c12-8-4-1-2-6-10(8)14-11-7-3-5-9(11)13/h1-2,4,6,9,11,14H,3,5,7,13H2. The van der Waals surface area contributed by atoms with Gasteiger partial charge in [-0.3, -0.25) is 0 Å². The Hall–Kier alpha value is -0.730. The first-order valence-electron chi connectivity index (χ1n) is 5.04. The number of nitrogens with two attached hydrogens (primary N) is 1. The molecule has 2 rings (SSSR count). The molecule has 3 heteroatoms. The predicted molar refractivity (Wildman–Crippen MR) is 60.7 cm³/mol. The summed E-state index contributed by atoms with van der Waals surface area (Å²) in [6, 6.07) is 8.45. The smallest absolute Gasteiger partial charge is 0.0637 e. The van der Waals surface area contributed by atoms with E-state index in [9.17, 15) is 0 Å². The van der Waals surface area contributed by atoms with Crippen LogP contribution in [0.5, 0.6) is 0 Å². The molecule has 0 aliphatic heterocycles. The maximum atomic E-state index is 6.05. The molecule has 2 nitrogen and oxygen atoms in total. The van der Waals surface area contributed by atoms with Crippen molar-refractivity contribution >= 4 is 17.3 Å². The lowest BCUT2D eigenvalue weighted by molar-refractivity contribution is 0.638. The van der Waals surface area contributed by atoms with Gasteiger partial charge in [0.25, 0.3) is 0 Å². The van der Waals surface area contributed by atoms with E-state index >= 15 is 0 Å². The van der Waals surface area contributed by atoms with Crippen LogP contribution in [0.1, 0.15) is 19.3 Å². The Morgan fingerprint density at radius 1 is 1.29 bits per heavy atom. The van der Waals surface area contributed by atoms with E-state index in [1.54, 1.807) is 0 Å². The van der Waals surface area contributed by atoms with Gasteiger partial charge in [0.15, 0.2) is 0 Å². The molecule has 0 saturated heterocycles. The molecule has 1 aliphatic rings. The van der Waals surface area contributed by atoms with Crippen molar-refractivity contribution in [2.24, 2.45) is 5.73 Å². The zero-order chi connectivity index (χ0) is 9.97. The minimum Gasteiger partial charge on any atom is -0.380 e. The van der Waals surface area contributed by atoms with Crippen LogP contribution >= 0.6 is 11.6 Å². The van der Waals surface area contributed by atoms with Gasteiger partial charge in [-0.15, -0.1) is 0 Å². The van der Waals surface area contributed by atoms with Crippen LogP contribution in [0.3, 0.4) is 0 Å². The topological polar surface area (TPSA) is 38.0 Å². The van der Waals surface area contributed by atoms with Gasteiger partial charge in [-0.2, -0.15) is 0 Å². The quantitative estimate of drug-likeness (QED) is 0.788. The van der Waals surface area contributed by atoms with Gasteiger partial charge in [-0.25, -0.2) is 0 Å². The fourth-order valence-corrected chi connectivity index (χ4v) is 2.14. The molecule has 1 aliphatic carbocycles. The molecule has 0 spiro atoms. The number of para-hydroxylation sites is 1. The highest BCUT2D eigenvalue weighted by molar-refractivity contribution is 6.33. The number of anilines is 1. The number of hydrogen-bond donors (Lipinski definition) is 2. The fourth-order valence-electron chi connectivity index (χ4n) is 1.95. The number of benzene rings is 1. The summed E-state index contributed by atoms with van der Waals surface area (Å²) in [6.45, 7) is 0. The molecule has 0 aromatic heterocycles. The summed E-state index contributed by atoms with van der Waals surface area (Å²) in [5.74, 6) is 0. The van der Waals surface area contributed by atoms with E-state index in [1.807, 2.05) is 24.3 Å². The molecule has 3 N–H and O–H groups in total.